The van der Waals surface area contributed by atoms with Crippen molar-refractivity contribution in [1.82, 2.24) is 29.8 Å². The molecule has 10 nitrogen and oxygen atoms in total. The van der Waals surface area contributed by atoms with E-state index in [4.69, 9.17) is 4.74 Å². The Morgan fingerprint density at radius 3 is 2.70 bits per heavy atom. The number of halogens is 2. The van der Waals surface area contributed by atoms with Gasteiger partial charge < -0.3 is 20.3 Å². The average molecular weight is 544 g/mol. The van der Waals surface area contributed by atoms with Crippen LogP contribution in [0.4, 0.5) is 19.5 Å². The number of amides is 2. The van der Waals surface area contributed by atoms with Gasteiger partial charge in [-0.1, -0.05) is 48.5 Å². The standard InChI is InChI=1S/C28H23F2N7O3/c29-19-9-4-8-18(14-19)24-34-25-20-10-5-11-21(30)23(20)33-27(37(25)35-24)32-22-15-36(13-12-31-26(22)38)28(39)40-16-17-6-2-1-3-7-17/h1-11,14,22H,12-13,15-16H2,(H,31,38)(H,32,33)/t22-/m1/s1. The minimum Gasteiger partial charge on any atom is -0.445 e. The normalized spacial score (nSPS) is 15.6. The minimum absolute atomic E-state index is 0.0175. The Morgan fingerprint density at radius 1 is 1.05 bits per heavy atom. The van der Waals surface area contributed by atoms with E-state index in [1.54, 1.807) is 12.1 Å². The van der Waals surface area contributed by atoms with Crippen molar-refractivity contribution in [2.75, 3.05) is 25.0 Å². The van der Waals surface area contributed by atoms with Gasteiger partial charge in [-0.15, -0.1) is 5.10 Å². The van der Waals surface area contributed by atoms with Crippen molar-refractivity contribution in [3.63, 3.8) is 0 Å². The molecule has 6 rings (SSSR count). The molecule has 202 valence electrons. The zero-order valence-corrected chi connectivity index (χ0v) is 21.1. The third kappa shape index (κ3) is 4.98. The van der Waals surface area contributed by atoms with Crippen LogP contribution in [0.15, 0.2) is 72.8 Å². The van der Waals surface area contributed by atoms with E-state index in [0.717, 1.165) is 5.56 Å². The summed E-state index contributed by atoms with van der Waals surface area (Å²) in [5.74, 6) is -1.21. The molecule has 2 amide bonds. The Kier molecular flexibility index (Phi) is 6.64. The lowest BCUT2D eigenvalue weighted by molar-refractivity contribution is -0.121. The van der Waals surface area contributed by atoms with E-state index < -0.39 is 23.8 Å². The topological polar surface area (TPSA) is 114 Å². The summed E-state index contributed by atoms with van der Waals surface area (Å²) in [6, 6.07) is 18.5. The molecule has 0 spiro atoms. The van der Waals surface area contributed by atoms with Gasteiger partial charge in [-0.3, -0.25) is 4.79 Å². The summed E-state index contributed by atoms with van der Waals surface area (Å²) >= 11 is 0. The fourth-order valence-electron chi connectivity index (χ4n) is 4.52. The zero-order valence-electron chi connectivity index (χ0n) is 21.1. The fourth-order valence-corrected chi connectivity index (χ4v) is 4.52. The second-order valence-electron chi connectivity index (χ2n) is 9.23. The number of aromatic nitrogens is 4. The molecule has 1 fully saturated rings. The SMILES string of the molecule is O=C1NCCN(C(=O)OCc2ccccc2)C[C@H]1Nc1nc2c(F)cccc2c2nc(-c3cccc(F)c3)nn12. The molecule has 3 heterocycles. The van der Waals surface area contributed by atoms with Gasteiger partial charge in [-0.25, -0.2) is 23.5 Å². The number of para-hydroxylation sites is 1. The van der Waals surface area contributed by atoms with Gasteiger partial charge in [0, 0.05) is 24.0 Å². The van der Waals surface area contributed by atoms with Crippen molar-refractivity contribution in [1.29, 1.82) is 0 Å². The van der Waals surface area contributed by atoms with E-state index in [-0.39, 0.29) is 55.1 Å². The summed E-state index contributed by atoms with van der Waals surface area (Å²) in [7, 11) is 0. The largest absolute Gasteiger partial charge is 0.445 e. The maximum Gasteiger partial charge on any atom is 0.410 e. The molecule has 1 saturated heterocycles. The van der Waals surface area contributed by atoms with Crippen molar-refractivity contribution in [3.8, 4) is 11.4 Å². The van der Waals surface area contributed by atoms with Crippen LogP contribution in [0.5, 0.6) is 0 Å². The summed E-state index contributed by atoms with van der Waals surface area (Å²) in [6.45, 7) is 0.506. The van der Waals surface area contributed by atoms with Crippen LogP contribution in [0.25, 0.3) is 27.9 Å². The highest BCUT2D eigenvalue weighted by atomic mass is 19.1. The van der Waals surface area contributed by atoms with Gasteiger partial charge in [-0.05, 0) is 29.8 Å². The number of hydrogen-bond acceptors (Lipinski definition) is 7. The van der Waals surface area contributed by atoms with E-state index in [1.807, 2.05) is 30.3 Å². The van der Waals surface area contributed by atoms with Crippen molar-refractivity contribution in [2.24, 2.45) is 0 Å². The molecule has 0 bridgehead atoms. The minimum atomic E-state index is -0.964. The molecule has 0 unspecified atom stereocenters. The number of rotatable bonds is 5. The average Bonchev–Trinajstić information content (AvgIpc) is 3.34. The predicted octanol–water partition coefficient (Wildman–Crippen LogP) is 3.77. The molecule has 3 aromatic carbocycles. The van der Waals surface area contributed by atoms with E-state index in [0.29, 0.717) is 10.9 Å². The van der Waals surface area contributed by atoms with Crippen LogP contribution in [0.1, 0.15) is 5.56 Å². The summed E-state index contributed by atoms with van der Waals surface area (Å²) in [5.41, 5.74) is 1.53. The van der Waals surface area contributed by atoms with Crippen LogP contribution < -0.4 is 10.6 Å². The van der Waals surface area contributed by atoms with E-state index in [9.17, 15) is 18.4 Å². The number of carbonyl (C=O) groups is 2. The van der Waals surface area contributed by atoms with Gasteiger partial charge in [0.25, 0.3) is 0 Å². The molecule has 1 aliphatic rings. The fraction of sp³-hybridized carbons (Fsp3) is 0.179. The van der Waals surface area contributed by atoms with Crippen LogP contribution in [-0.4, -0.2) is 62.2 Å². The van der Waals surface area contributed by atoms with Crippen LogP contribution in [-0.2, 0) is 16.1 Å². The van der Waals surface area contributed by atoms with E-state index in [2.05, 4.69) is 25.7 Å². The molecule has 2 aromatic heterocycles. The number of benzene rings is 3. The first kappa shape index (κ1) is 25.2. The van der Waals surface area contributed by atoms with Gasteiger partial charge >= 0.3 is 6.09 Å². The van der Waals surface area contributed by atoms with Crippen LogP contribution >= 0.6 is 0 Å². The van der Waals surface area contributed by atoms with Crippen molar-refractivity contribution < 1.29 is 23.1 Å². The highest BCUT2D eigenvalue weighted by molar-refractivity contribution is 5.94. The number of nitrogens with one attached hydrogen (secondary N) is 2. The Bertz CT molecular complexity index is 1730. The first-order valence-electron chi connectivity index (χ1n) is 12.6. The highest BCUT2D eigenvalue weighted by Crippen LogP contribution is 2.26. The first-order chi connectivity index (χ1) is 19.5. The molecule has 1 atom stereocenters. The molecule has 2 N–H and O–H groups in total. The zero-order chi connectivity index (χ0) is 27.6. The second-order valence-corrected chi connectivity index (χ2v) is 9.23. The molecule has 0 saturated carbocycles. The Balaban J connectivity index is 1.33. The Labute approximate surface area is 226 Å². The van der Waals surface area contributed by atoms with Crippen molar-refractivity contribution in [2.45, 2.75) is 12.6 Å². The summed E-state index contributed by atoms with van der Waals surface area (Å²) in [6.07, 6.45) is -0.580. The van der Waals surface area contributed by atoms with Gasteiger partial charge in [-0.2, -0.15) is 4.52 Å². The molecule has 0 radical (unpaired) electrons. The summed E-state index contributed by atoms with van der Waals surface area (Å²) in [5, 5.41) is 10.7. The quantitative estimate of drug-likeness (QED) is 0.347. The van der Waals surface area contributed by atoms with Crippen LogP contribution in [0.2, 0.25) is 0 Å². The molecular formula is C28H23F2N7O3. The van der Waals surface area contributed by atoms with Gasteiger partial charge in [0.05, 0.1) is 6.54 Å². The Morgan fingerprint density at radius 2 is 1.88 bits per heavy atom. The highest BCUT2D eigenvalue weighted by Gasteiger charge is 2.30. The third-order valence-electron chi connectivity index (χ3n) is 6.50. The van der Waals surface area contributed by atoms with E-state index in [1.165, 1.54) is 39.7 Å². The number of fused-ring (bicyclic) bond motifs is 3. The maximum absolute atomic E-state index is 14.8. The lowest BCUT2D eigenvalue weighted by atomic mass is 10.2. The number of anilines is 1. The first-order valence-corrected chi connectivity index (χ1v) is 12.6. The second kappa shape index (κ2) is 10.6. The van der Waals surface area contributed by atoms with Crippen LogP contribution in [0.3, 0.4) is 0 Å². The predicted molar refractivity (Wildman–Crippen MR) is 142 cm³/mol. The lowest BCUT2D eigenvalue weighted by Gasteiger charge is -2.23. The van der Waals surface area contributed by atoms with Gasteiger partial charge in [0.15, 0.2) is 11.5 Å². The van der Waals surface area contributed by atoms with Crippen molar-refractivity contribution in [3.05, 3.63) is 90.0 Å². The lowest BCUT2D eigenvalue weighted by Crippen LogP contribution is -2.44. The maximum atomic E-state index is 14.8. The smallest absolute Gasteiger partial charge is 0.410 e. The molecule has 1 aliphatic heterocycles. The molecule has 40 heavy (non-hydrogen) atoms. The summed E-state index contributed by atoms with van der Waals surface area (Å²) < 4.78 is 35.6. The number of nitrogens with zero attached hydrogens (tertiary/aromatic N) is 5. The Hall–Kier alpha value is -5.13. The summed E-state index contributed by atoms with van der Waals surface area (Å²) in [4.78, 5) is 36.2. The van der Waals surface area contributed by atoms with Gasteiger partial charge in [0.1, 0.15) is 29.8 Å². The monoisotopic (exact) mass is 543 g/mol. The van der Waals surface area contributed by atoms with E-state index >= 15 is 0 Å². The molecule has 12 heteroatoms. The van der Waals surface area contributed by atoms with Gasteiger partial charge in [0.2, 0.25) is 11.9 Å². The molecule has 0 aliphatic carbocycles. The molecular weight excluding hydrogens is 520 g/mol. The number of hydrogen-bond donors (Lipinski definition) is 2. The number of ether oxygens (including phenoxy) is 1. The van der Waals surface area contributed by atoms with Crippen LogP contribution in [0, 0.1) is 11.6 Å². The third-order valence-corrected chi connectivity index (χ3v) is 6.50. The molecule has 5 aromatic rings. The number of carbonyl (C=O) groups excluding carboxylic acids is 2. The van der Waals surface area contributed by atoms with Crippen molar-refractivity contribution >= 4 is 34.5 Å².